The van der Waals surface area contributed by atoms with Crippen LogP contribution in [0.4, 0.5) is 11.5 Å². The van der Waals surface area contributed by atoms with Gasteiger partial charge >= 0.3 is 11.7 Å². The zero-order valence-electron chi connectivity index (χ0n) is 11.5. The number of hydrogen-bond donors (Lipinski definition) is 1. The van der Waals surface area contributed by atoms with E-state index in [1.54, 1.807) is 24.8 Å². The number of carboxylic acid groups (broad SMARTS) is 1. The lowest BCUT2D eigenvalue weighted by molar-refractivity contribution is -0.385. The lowest BCUT2D eigenvalue weighted by Gasteiger charge is -2.42. The molecule has 0 radical (unpaired) electrons. The third-order valence-corrected chi connectivity index (χ3v) is 3.90. The van der Waals surface area contributed by atoms with Crippen LogP contribution in [-0.4, -0.2) is 33.1 Å². The van der Waals surface area contributed by atoms with Gasteiger partial charge in [0.15, 0.2) is 0 Å². The molecule has 0 saturated carbocycles. The van der Waals surface area contributed by atoms with E-state index in [0.717, 1.165) is 12.8 Å². The summed E-state index contributed by atoms with van der Waals surface area (Å²) in [6.45, 7) is 3.69. The number of rotatable bonds is 3. The normalized spacial score (nSPS) is 22.6. The molecule has 20 heavy (non-hydrogen) atoms. The van der Waals surface area contributed by atoms with Crippen LogP contribution in [0.5, 0.6) is 0 Å². The number of pyridine rings is 1. The van der Waals surface area contributed by atoms with Gasteiger partial charge in [0.1, 0.15) is 5.54 Å². The molecule has 1 N–H and O–H groups in total. The van der Waals surface area contributed by atoms with Crippen LogP contribution < -0.4 is 4.90 Å². The standard InChI is InChI=1S/C13H17N3O4/c1-9-5-7-14-11(10(9)16(19)20)15-8-4-3-6-13(15,2)12(17)18/h5,7H,3-4,6,8H2,1-2H3,(H,17,18). The van der Waals surface area contributed by atoms with Gasteiger partial charge < -0.3 is 10.0 Å². The van der Waals surface area contributed by atoms with Crippen molar-refractivity contribution < 1.29 is 14.8 Å². The van der Waals surface area contributed by atoms with Gasteiger partial charge in [-0.2, -0.15) is 0 Å². The van der Waals surface area contributed by atoms with E-state index in [2.05, 4.69) is 4.98 Å². The SMILES string of the molecule is Cc1ccnc(N2CCCCC2(C)C(=O)O)c1[N+](=O)[O-]. The summed E-state index contributed by atoms with van der Waals surface area (Å²) in [6, 6.07) is 1.56. The first-order valence-corrected chi connectivity index (χ1v) is 6.49. The number of aryl methyl sites for hydroxylation is 1. The van der Waals surface area contributed by atoms with E-state index in [9.17, 15) is 20.0 Å². The second kappa shape index (κ2) is 5.07. The minimum Gasteiger partial charge on any atom is -0.480 e. The van der Waals surface area contributed by atoms with Crippen molar-refractivity contribution in [3.05, 3.63) is 27.9 Å². The van der Waals surface area contributed by atoms with Crippen LogP contribution in [0, 0.1) is 17.0 Å². The van der Waals surface area contributed by atoms with Crippen LogP contribution in [0.15, 0.2) is 12.3 Å². The van der Waals surface area contributed by atoms with Gasteiger partial charge in [-0.15, -0.1) is 0 Å². The monoisotopic (exact) mass is 279 g/mol. The van der Waals surface area contributed by atoms with Crippen LogP contribution in [0.25, 0.3) is 0 Å². The number of hydrogen-bond acceptors (Lipinski definition) is 5. The summed E-state index contributed by atoms with van der Waals surface area (Å²) >= 11 is 0. The third-order valence-electron chi connectivity index (χ3n) is 3.90. The van der Waals surface area contributed by atoms with Gasteiger partial charge in [-0.3, -0.25) is 10.1 Å². The Bertz CT molecular complexity index is 561. The molecule has 2 heterocycles. The first kappa shape index (κ1) is 14.2. The maximum absolute atomic E-state index is 11.6. The topological polar surface area (TPSA) is 96.6 Å². The molecule has 0 amide bonds. The fraction of sp³-hybridized carbons (Fsp3) is 0.538. The number of aliphatic carboxylic acids is 1. The number of anilines is 1. The highest BCUT2D eigenvalue weighted by Crippen LogP contribution is 2.37. The Morgan fingerprint density at radius 2 is 2.25 bits per heavy atom. The molecule has 1 aliphatic heterocycles. The minimum absolute atomic E-state index is 0.109. The largest absolute Gasteiger partial charge is 0.480 e. The molecule has 0 aromatic carbocycles. The molecule has 1 aliphatic rings. The summed E-state index contributed by atoms with van der Waals surface area (Å²) in [4.78, 5) is 28.0. The summed E-state index contributed by atoms with van der Waals surface area (Å²) in [6.07, 6.45) is 3.53. The zero-order chi connectivity index (χ0) is 14.9. The van der Waals surface area contributed by atoms with Crippen LogP contribution >= 0.6 is 0 Å². The molecule has 7 nitrogen and oxygen atoms in total. The molecular weight excluding hydrogens is 262 g/mol. The Hall–Kier alpha value is -2.18. The summed E-state index contributed by atoms with van der Waals surface area (Å²) in [5.74, 6) is -0.825. The van der Waals surface area contributed by atoms with E-state index in [4.69, 9.17) is 0 Å². The lowest BCUT2D eigenvalue weighted by atomic mass is 9.88. The molecule has 1 atom stereocenters. The average molecular weight is 279 g/mol. The predicted molar refractivity (Wildman–Crippen MR) is 72.9 cm³/mol. The number of nitro groups is 1. The van der Waals surface area contributed by atoms with Gasteiger partial charge in [0.2, 0.25) is 5.82 Å². The molecule has 1 fully saturated rings. The number of piperidine rings is 1. The Morgan fingerprint density at radius 1 is 1.55 bits per heavy atom. The molecule has 1 aromatic heterocycles. The van der Waals surface area contributed by atoms with Gasteiger partial charge in [0.25, 0.3) is 0 Å². The molecule has 1 aromatic rings. The molecular formula is C13H17N3O4. The Kier molecular flexibility index (Phi) is 3.61. The van der Waals surface area contributed by atoms with E-state index < -0.39 is 16.4 Å². The molecule has 1 unspecified atom stereocenters. The van der Waals surface area contributed by atoms with E-state index in [-0.39, 0.29) is 11.5 Å². The van der Waals surface area contributed by atoms with Crippen LogP contribution in [-0.2, 0) is 4.79 Å². The lowest BCUT2D eigenvalue weighted by Crippen LogP contribution is -2.56. The molecule has 0 bridgehead atoms. The van der Waals surface area contributed by atoms with Crippen molar-refractivity contribution >= 4 is 17.5 Å². The van der Waals surface area contributed by atoms with Crippen molar-refractivity contribution in [2.45, 2.75) is 38.6 Å². The molecule has 108 valence electrons. The summed E-state index contributed by atoms with van der Waals surface area (Å²) < 4.78 is 0. The van der Waals surface area contributed by atoms with Gasteiger partial charge in [-0.25, -0.2) is 9.78 Å². The van der Waals surface area contributed by atoms with Crippen LogP contribution in [0.1, 0.15) is 31.7 Å². The molecule has 7 heteroatoms. The van der Waals surface area contributed by atoms with Gasteiger partial charge in [0, 0.05) is 18.3 Å². The third kappa shape index (κ3) is 2.19. The molecule has 0 aliphatic carbocycles. The van der Waals surface area contributed by atoms with E-state index in [0.29, 0.717) is 18.5 Å². The zero-order valence-corrected chi connectivity index (χ0v) is 11.5. The number of carbonyl (C=O) groups is 1. The molecule has 2 rings (SSSR count). The summed E-state index contributed by atoms with van der Waals surface area (Å²) in [7, 11) is 0. The average Bonchev–Trinajstić information content (AvgIpc) is 2.38. The fourth-order valence-corrected chi connectivity index (χ4v) is 2.64. The van der Waals surface area contributed by atoms with Gasteiger partial charge in [0.05, 0.1) is 4.92 Å². The first-order valence-electron chi connectivity index (χ1n) is 6.49. The minimum atomic E-state index is -1.15. The second-order valence-corrected chi connectivity index (χ2v) is 5.24. The maximum atomic E-state index is 11.6. The smallest absolute Gasteiger partial charge is 0.329 e. The van der Waals surface area contributed by atoms with Crippen molar-refractivity contribution in [1.82, 2.24) is 4.98 Å². The summed E-state index contributed by atoms with van der Waals surface area (Å²) in [5, 5.41) is 20.7. The van der Waals surface area contributed by atoms with Crippen molar-refractivity contribution in [3.63, 3.8) is 0 Å². The number of nitrogens with zero attached hydrogens (tertiary/aromatic N) is 3. The van der Waals surface area contributed by atoms with Crippen LogP contribution in [0.3, 0.4) is 0 Å². The highest BCUT2D eigenvalue weighted by molar-refractivity contribution is 5.84. The molecule has 1 saturated heterocycles. The Morgan fingerprint density at radius 3 is 2.85 bits per heavy atom. The van der Waals surface area contributed by atoms with Crippen molar-refractivity contribution in [3.8, 4) is 0 Å². The van der Waals surface area contributed by atoms with Crippen molar-refractivity contribution in [1.29, 1.82) is 0 Å². The Balaban J connectivity index is 2.57. The first-order chi connectivity index (χ1) is 9.38. The van der Waals surface area contributed by atoms with E-state index in [1.807, 2.05) is 0 Å². The highest BCUT2D eigenvalue weighted by Gasteiger charge is 2.44. The summed E-state index contributed by atoms with van der Waals surface area (Å²) in [5.41, 5.74) is -0.774. The van der Waals surface area contributed by atoms with Crippen molar-refractivity contribution in [2.75, 3.05) is 11.4 Å². The number of carboxylic acids is 1. The van der Waals surface area contributed by atoms with E-state index >= 15 is 0 Å². The maximum Gasteiger partial charge on any atom is 0.329 e. The van der Waals surface area contributed by atoms with Gasteiger partial charge in [-0.1, -0.05) is 0 Å². The predicted octanol–water partition coefficient (Wildman–Crippen LogP) is 2.13. The Labute approximate surface area is 116 Å². The fourth-order valence-electron chi connectivity index (χ4n) is 2.64. The molecule has 0 spiro atoms. The quantitative estimate of drug-likeness (QED) is 0.672. The van der Waals surface area contributed by atoms with Gasteiger partial charge in [-0.05, 0) is 39.2 Å². The number of aromatic nitrogens is 1. The van der Waals surface area contributed by atoms with Crippen molar-refractivity contribution in [2.24, 2.45) is 0 Å². The van der Waals surface area contributed by atoms with E-state index in [1.165, 1.54) is 6.20 Å². The second-order valence-electron chi connectivity index (χ2n) is 5.24. The van der Waals surface area contributed by atoms with Crippen LogP contribution in [0.2, 0.25) is 0 Å². The highest BCUT2D eigenvalue weighted by atomic mass is 16.6.